The molecule has 1 atom stereocenters. The molecule has 170 valence electrons. The number of hydrogen-bond acceptors (Lipinski definition) is 6. The second-order valence-corrected chi connectivity index (χ2v) is 7.75. The van der Waals surface area contributed by atoms with E-state index in [0.29, 0.717) is 22.1 Å². The summed E-state index contributed by atoms with van der Waals surface area (Å²) in [5.41, 5.74) is 0.890. The van der Waals surface area contributed by atoms with E-state index in [1.807, 2.05) is 24.3 Å². The standard InChI is InChI=1S/C21H21ClF2N4O.CH2O2/c1-28-10-4-5-14(12-28)25-20-16-7-3-2-6-15(16)19(26-27-20)17-9-8-13(22)11-18(17)29-21(23)24;2-1-3/h2-3,6-9,11,14,21H,4-5,10,12H2,1H3,(H,25,27);1H,(H,2,3)/t14-;/m1./s1. The summed E-state index contributed by atoms with van der Waals surface area (Å²) in [6, 6.07) is 12.5. The molecule has 1 fully saturated rings. The van der Waals surface area contributed by atoms with Crippen LogP contribution in [-0.4, -0.2) is 59.5 Å². The number of rotatable bonds is 5. The molecule has 0 aliphatic carbocycles. The van der Waals surface area contributed by atoms with Crippen LogP contribution < -0.4 is 10.1 Å². The highest BCUT2D eigenvalue weighted by molar-refractivity contribution is 6.30. The van der Waals surface area contributed by atoms with E-state index in [9.17, 15) is 8.78 Å². The van der Waals surface area contributed by atoms with E-state index < -0.39 is 6.61 Å². The van der Waals surface area contributed by atoms with Gasteiger partial charge in [0.1, 0.15) is 11.4 Å². The SMILES string of the molecule is CN1CCC[C@@H](Nc2nnc(-c3ccc(Cl)cc3OC(F)F)c3ccccc23)C1.O=CO. The molecule has 7 nitrogen and oxygen atoms in total. The summed E-state index contributed by atoms with van der Waals surface area (Å²) in [4.78, 5) is 10.6. The summed E-state index contributed by atoms with van der Waals surface area (Å²) in [5, 5.41) is 21.1. The predicted molar refractivity (Wildman–Crippen MR) is 119 cm³/mol. The Morgan fingerprint density at radius 1 is 1.25 bits per heavy atom. The lowest BCUT2D eigenvalue weighted by Crippen LogP contribution is -2.40. The zero-order chi connectivity index (χ0) is 23.1. The molecule has 4 rings (SSSR count). The summed E-state index contributed by atoms with van der Waals surface area (Å²) in [7, 11) is 2.10. The number of ether oxygens (including phenoxy) is 1. The number of aromatic nitrogens is 2. The van der Waals surface area contributed by atoms with Gasteiger partial charge in [0, 0.05) is 33.9 Å². The zero-order valence-corrected chi connectivity index (χ0v) is 18.1. The van der Waals surface area contributed by atoms with E-state index in [2.05, 4.69) is 32.2 Å². The number of fused-ring (bicyclic) bond motifs is 1. The molecule has 0 bridgehead atoms. The first-order chi connectivity index (χ1) is 15.4. The van der Waals surface area contributed by atoms with E-state index in [1.165, 1.54) is 6.07 Å². The first-order valence-corrected chi connectivity index (χ1v) is 10.3. The van der Waals surface area contributed by atoms with Gasteiger partial charge in [-0.2, -0.15) is 8.78 Å². The van der Waals surface area contributed by atoms with Gasteiger partial charge in [0.25, 0.3) is 6.47 Å². The van der Waals surface area contributed by atoms with Gasteiger partial charge < -0.3 is 20.1 Å². The Balaban J connectivity index is 0.000000913. The fraction of sp³-hybridized carbons (Fsp3) is 0.318. The minimum absolute atomic E-state index is 0.0263. The van der Waals surface area contributed by atoms with E-state index in [1.54, 1.807) is 12.1 Å². The lowest BCUT2D eigenvalue weighted by atomic mass is 10.0. The molecule has 0 saturated carbocycles. The highest BCUT2D eigenvalue weighted by Crippen LogP contribution is 2.37. The van der Waals surface area contributed by atoms with Gasteiger partial charge in [-0.1, -0.05) is 35.9 Å². The number of nitrogens with zero attached hydrogens (tertiary/aromatic N) is 3. The largest absolute Gasteiger partial charge is 0.483 e. The van der Waals surface area contributed by atoms with Crippen LogP contribution in [0.1, 0.15) is 12.8 Å². The molecule has 1 aliphatic heterocycles. The van der Waals surface area contributed by atoms with Gasteiger partial charge in [0.2, 0.25) is 0 Å². The monoisotopic (exact) mass is 464 g/mol. The number of alkyl halides is 2. The maximum atomic E-state index is 12.9. The minimum Gasteiger partial charge on any atom is -0.483 e. The second kappa shape index (κ2) is 11.0. The molecule has 0 amide bonds. The predicted octanol–water partition coefficient (Wildman–Crippen LogP) is 4.76. The average molecular weight is 465 g/mol. The number of anilines is 1. The molecule has 2 aromatic carbocycles. The van der Waals surface area contributed by atoms with Crippen molar-refractivity contribution in [3.05, 3.63) is 47.5 Å². The molecule has 0 spiro atoms. The summed E-state index contributed by atoms with van der Waals surface area (Å²) in [5.74, 6) is 0.663. The Morgan fingerprint density at radius 2 is 1.97 bits per heavy atom. The van der Waals surface area contributed by atoms with Crippen molar-refractivity contribution in [1.82, 2.24) is 15.1 Å². The number of benzene rings is 2. The molecule has 0 unspecified atom stereocenters. The highest BCUT2D eigenvalue weighted by atomic mass is 35.5. The molecular formula is C22H23ClF2N4O3. The van der Waals surface area contributed by atoms with Gasteiger partial charge in [0.15, 0.2) is 5.82 Å². The van der Waals surface area contributed by atoms with Crippen molar-refractivity contribution in [2.45, 2.75) is 25.5 Å². The maximum absolute atomic E-state index is 12.9. The summed E-state index contributed by atoms with van der Waals surface area (Å²) in [6.07, 6.45) is 2.18. The topological polar surface area (TPSA) is 87.6 Å². The number of hydrogen-bond donors (Lipinski definition) is 2. The van der Waals surface area contributed by atoms with Crippen molar-refractivity contribution in [1.29, 1.82) is 0 Å². The average Bonchev–Trinajstić information content (AvgIpc) is 2.75. The molecule has 3 aromatic rings. The van der Waals surface area contributed by atoms with E-state index in [4.69, 9.17) is 21.5 Å². The zero-order valence-electron chi connectivity index (χ0n) is 17.3. The second-order valence-electron chi connectivity index (χ2n) is 7.31. The molecule has 32 heavy (non-hydrogen) atoms. The Hall–Kier alpha value is -3.04. The third-order valence-electron chi connectivity index (χ3n) is 5.07. The van der Waals surface area contributed by atoms with Crippen LogP contribution in [0.4, 0.5) is 14.6 Å². The summed E-state index contributed by atoms with van der Waals surface area (Å²) < 4.78 is 30.5. The van der Waals surface area contributed by atoms with Crippen LogP contribution in [-0.2, 0) is 4.79 Å². The molecule has 2 heterocycles. The number of nitrogens with one attached hydrogen (secondary N) is 1. The molecule has 0 radical (unpaired) electrons. The lowest BCUT2D eigenvalue weighted by Gasteiger charge is -2.30. The Labute approximate surface area is 189 Å². The Morgan fingerprint density at radius 3 is 2.66 bits per heavy atom. The number of carboxylic acid groups (broad SMARTS) is 1. The van der Waals surface area contributed by atoms with Gasteiger partial charge in [-0.15, -0.1) is 10.2 Å². The first kappa shape index (κ1) is 23.6. The van der Waals surface area contributed by atoms with Crippen LogP contribution in [0.15, 0.2) is 42.5 Å². The van der Waals surface area contributed by atoms with Crippen LogP contribution in [0.5, 0.6) is 5.75 Å². The lowest BCUT2D eigenvalue weighted by molar-refractivity contribution is -0.122. The van der Waals surface area contributed by atoms with Crippen LogP contribution >= 0.6 is 11.6 Å². The summed E-state index contributed by atoms with van der Waals surface area (Å²) >= 11 is 5.98. The third kappa shape index (κ3) is 5.80. The van der Waals surface area contributed by atoms with Gasteiger partial charge in [-0.25, -0.2) is 0 Å². The highest BCUT2D eigenvalue weighted by Gasteiger charge is 2.21. The van der Waals surface area contributed by atoms with E-state index in [0.717, 1.165) is 36.7 Å². The summed E-state index contributed by atoms with van der Waals surface area (Å²) in [6.45, 7) is -1.19. The fourth-order valence-corrected chi connectivity index (χ4v) is 3.93. The Kier molecular flexibility index (Phi) is 8.13. The van der Waals surface area contributed by atoms with Crippen molar-refractivity contribution in [3.63, 3.8) is 0 Å². The van der Waals surface area contributed by atoms with Gasteiger partial charge in [-0.05, 0) is 44.6 Å². The smallest absolute Gasteiger partial charge is 0.387 e. The Bertz CT molecular complexity index is 1070. The molecule has 10 heteroatoms. The number of carbonyl (C=O) groups is 1. The first-order valence-electron chi connectivity index (χ1n) is 9.96. The number of likely N-dealkylation sites (N-methyl/N-ethyl adjacent to an activating group) is 1. The van der Waals surface area contributed by atoms with Gasteiger partial charge >= 0.3 is 6.61 Å². The fourth-order valence-electron chi connectivity index (χ4n) is 3.77. The van der Waals surface area contributed by atoms with E-state index >= 15 is 0 Å². The minimum atomic E-state index is -2.96. The van der Waals surface area contributed by atoms with Crippen LogP contribution in [0.2, 0.25) is 5.02 Å². The third-order valence-corrected chi connectivity index (χ3v) is 5.30. The maximum Gasteiger partial charge on any atom is 0.387 e. The van der Waals surface area contributed by atoms with Crippen molar-refractivity contribution in [3.8, 4) is 17.0 Å². The van der Waals surface area contributed by atoms with Crippen molar-refractivity contribution in [2.75, 3.05) is 25.5 Å². The number of piperidine rings is 1. The molecule has 1 saturated heterocycles. The molecular weight excluding hydrogens is 442 g/mol. The molecule has 2 N–H and O–H groups in total. The quantitative estimate of drug-likeness (QED) is 0.526. The van der Waals surface area contributed by atoms with Crippen LogP contribution in [0.3, 0.4) is 0 Å². The molecule has 1 aliphatic rings. The number of likely N-dealkylation sites (tertiary alicyclic amines) is 1. The van der Waals surface area contributed by atoms with Gasteiger partial charge in [-0.3, -0.25) is 4.79 Å². The van der Waals surface area contributed by atoms with Crippen LogP contribution in [0.25, 0.3) is 22.0 Å². The van der Waals surface area contributed by atoms with Crippen molar-refractivity contribution < 1.29 is 23.4 Å². The van der Waals surface area contributed by atoms with Crippen molar-refractivity contribution >= 4 is 34.7 Å². The van der Waals surface area contributed by atoms with E-state index in [-0.39, 0.29) is 18.3 Å². The number of halogens is 3. The molecule has 1 aromatic heterocycles. The van der Waals surface area contributed by atoms with Crippen molar-refractivity contribution in [2.24, 2.45) is 0 Å². The van der Waals surface area contributed by atoms with Crippen LogP contribution in [0, 0.1) is 0 Å². The normalized spacial score (nSPS) is 16.3. The van der Waals surface area contributed by atoms with Gasteiger partial charge in [0.05, 0.1) is 0 Å².